The maximum Gasteiger partial charge on any atom is 0.315 e. The van der Waals surface area contributed by atoms with Crippen molar-refractivity contribution in [3.05, 3.63) is 59.0 Å². The predicted octanol–water partition coefficient (Wildman–Crippen LogP) is 3.50. The zero-order valence-electron chi connectivity index (χ0n) is 16.5. The Morgan fingerprint density at radius 1 is 1.25 bits per heavy atom. The molecule has 2 N–H and O–H groups in total. The standard InChI is InChI=1S/C21H29ClN4O2/c1-25(2)19(20-4-3-13-28-20)14-23-21(27)24-18-9-11-26(12-10-18)15-16-5-7-17(22)8-6-16/h3-8,13,18-19H,9-12,14-15H2,1-2H3,(H2,23,24,27). The van der Waals surface area contributed by atoms with Crippen LogP contribution in [0.3, 0.4) is 0 Å². The highest BCUT2D eigenvalue weighted by molar-refractivity contribution is 6.30. The van der Waals surface area contributed by atoms with Crippen LogP contribution in [0, 0.1) is 0 Å². The molecule has 1 aliphatic rings. The van der Waals surface area contributed by atoms with Crippen molar-refractivity contribution in [2.24, 2.45) is 0 Å². The number of amides is 2. The molecule has 2 heterocycles. The molecule has 0 bridgehead atoms. The molecule has 6 nitrogen and oxygen atoms in total. The van der Waals surface area contributed by atoms with Crippen molar-refractivity contribution in [3.63, 3.8) is 0 Å². The highest BCUT2D eigenvalue weighted by Gasteiger charge is 2.22. The average molecular weight is 405 g/mol. The lowest BCUT2D eigenvalue weighted by atomic mass is 10.0. The lowest BCUT2D eigenvalue weighted by molar-refractivity contribution is 0.184. The molecule has 1 aromatic carbocycles. The van der Waals surface area contributed by atoms with Gasteiger partial charge in [-0.3, -0.25) is 9.80 Å². The van der Waals surface area contributed by atoms with E-state index in [1.807, 2.05) is 43.3 Å². The van der Waals surface area contributed by atoms with Crippen LogP contribution in [0.4, 0.5) is 4.79 Å². The minimum atomic E-state index is -0.116. The smallest absolute Gasteiger partial charge is 0.315 e. The number of halogens is 1. The zero-order valence-corrected chi connectivity index (χ0v) is 17.3. The average Bonchev–Trinajstić information content (AvgIpc) is 3.19. The minimum Gasteiger partial charge on any atom is -0.468 e. The van der Waals surface area contributed by atoms with E-state index in [1.54, 1.807) is 6.26 Å². The summed E-state index contributed by atoms with van der Waals surface area (Å²) in [6, 6.07) is 11.9. The number of carbonyl (C=O) groups is 1. The van der Waals surface area contributed by atoms with Crippen LogP contribution in [-0.4, -0.2) is 55.6 Å². The number of hydrogen-bond donors (Lipinski definition) is 2. The van der Waals surface area contributed by atoms with Gasteiger partial charge in [-0.15, -0.1) is 0 Å². The van der Waals surface area contributed by atoms with E-state index in [-0.39, 0.29) is 18.1 Å². The summed E-state index contributed by atoms with van der Waals surface area (Å²) in [6.07, 6.45) is 3.57. The number of nitrogens with one attached hydrogen (secondary N) is 2. The Balaban J connectivity index is 1.39. The molecule has 7 heteroatoms. The van der Waals surface area contributed by atoms with Gasteiger partial charge >= 0.3 is 6.03 Å². The number of benzene rings is 1. The summed E-state index contributed by atoms with van der Waals surface area (Å²) in [4.78, 5) is 16.8. The molecule has 0 saturated carbocycles. The lowest BCUT2D eigenvalue weighted by Crippen LogP contribution is -2.48. The summed E-state index contributed by atoms with van der Waals surface area (Å²) < 4.78 is 5.48. The van der Waals surface area contributed by atoms with Gasteiger partial charge in [-0.05, 0) is 56.8 Å². The van der Waals surface area contributed by atoms with Gasteiger partial charge in [0.2, 0.25) is 0 Å². The van der Waals surface area contributed by atoms with Crippen molar-refractivity contribution in [2.75, 3.05) is 33.7 Å². The number of furan rings is 1. The summed E-state index contributed by atoms with van der Waals surface area (Å²) >= 11 is 5.95. The third-order valence-electron chi connectivity index (χ3n) is 5.19. The van der Waals surface area contributed by atoms with E-state index < -0.39 is 0 Å². The first kappa shape index (κ1) is 20.7. The molecule has 1 fully saturated rings. The third kappa shape index (κ3) is 5.99. The third-order valence-corrected chi connectivity index (χ3v) is 5.45. The van der Waals surface area contributed by atoms with Crippen LogP contribution in [0.2, 0.25) is 5.02 Å². The number of urea groups is 1. The fourth-order valence-electron chi connectivity index (χ4n) is 3.53. The van der Waals surface area contributed by atoms with Crippen LogP contribution in [-0.2, 0) is 6.54 Å². The molecule has 0 aliphatic carbocycles. The second-order valence-electron chi connectivity index (χ2n) is 7.53. The number of hydrogen-bond acceptors (Lipinski definition) is 4. The second-order valence-corrected chi connectivity index (χ2v) is 7.96. The molecule has 1 aliphatic heterocycles. The van der Waals surface area contributed by atoms with Gasteiger partial charge in [0.1, 0.15) is 5.76 Å². The molecule has 1 aromatic heterocycles. The summed E-state index contributed by atoms with van der Waals surface area (Å²) in [5.41, 5.74) is 1.27. The Morgan fingerprint density at radius 2 is 1.96 bits per heavy atom. The van der Waals surface area contributed by atoms with Gasteiger partial charge in [0.25, 0.3) is 0 Å². The molecular formula is C21H29ClN4O2. The van der Waals surface area contributed by atoms with Crippen LogP contribution >= 0.6 is 11.6 Å². The summed E-state index contributed by atoms with van der Waals surface area (Å²) in [5, 5.41) is 6.85. The number of likely N-dealkylation sites (N-methyl/N-ethyl adjacent to an activating group) is 1. The van der Waals surface area contributed by atoms with Gasteiger partial charge < -0.3 is 15.1 Å². The van der Waals surface area contributed by atoms with E-state index in [1.165, 1.54) is 5.56 Å². The number of piperidine rings is 1. The number of likely N-dealkylation sites (tertiary alicyclic amines) is 1. The van der Waals surface area contributed by atoms with Gasteiger partial charge in [0, 0.05) is 37.2 Å². The molecule has 0 radical (unpaired) electrons. The Labute approximate surface area is 171 Å². The highest BCUT2D eigenvalue weighted by Crippen LogP contribution is 2.18. The fraction of sp³-hybridized carbons (Fsp3) is 0.476. The highest BCUT2D eigenvalue weighted by atomic mass is 35.5. The fourth-order valence-corrected chi connectivity index (χ4v) is 3.65. The molecule has 2 aromatic rings. The molecular weight excluding hydrogens is 376 g/mol. The SMILES string of the molecule is CN(C)C(CNC(=O)NC1CCN(Cc2ccc(Cl)cc2)CC1)c1ccco1. The Bertz CT molecular complexity index is 725. The molecule has 152 valence electrons. The van der Waals surface area contributed by atoms with E-state index in [4.69, 9.17) is 16.0 Å². The van der Waals surface area contributed by atoms with Crippen molar-refractivity contribution in [1.29, 1.82) is 0 Å². The zero-order chi connectivity index (χ0) is 19.9. The molecule has 1 atom stereocenters. The largest absolute Gasteiger partial charge is 0.468 e. The van der Waals surface area contributed by atoms with E-state index in [0.29, 0.717) is 6.54 Å². The van der Waals surface area contributed by atoms with Crippen molar-refractivity contribution in [2.45, 2.75) is 31.5 Å². The normalized spacial score (nSPS) is 16.9. The van der Waals surface area contributed by atoms with E-state index in [2.05, 4.69) is 27.7 Å². The number of rotatable bonds is 7. The van der Waals surface area contributed by atoms with E-state index >= 15 is 0 Å². The number of carbonyl (C=O) groups excluding carboxylic acids is 1. The molecule has 0 spiro atoms. The van der Waals surface area contributed by atoms with Crippen LogP contribution < -0.4 is 10.6 Å². The Kier molecular flexibility index (Phi) is 7.36. The number of nitrogens with zero attached hydrogens (tertiary/aromatic N) is 2. The summed E-state index contributed by atoms with van der Waals surface area (Å²) in [7, 11) is 3.95. The van der Waals surface area contributed by atoms with Crippen LogP contribution in [0.15, 0.2) is 47.1 Å². The molecule has 1 unspecified atom stereocenters. The Morgan fingerprint density at radius 3 is 2.57 bits per heavy atom. The van der Waals surface area contributed by atoms with Gasteiger partial charge in [0.15, 0.2) is 0 Å². The van der Waals surface area contributed by atoms with Crippen LogP contribution in [0.25, 0.3) is 0 Å². The Hall–Kier alpha value is -2.02. The molecule has 28 heavy (non-hydrogen) atoms. The second kappa shape index (κ2) is 9.96. The lowest BCUT2D eigenvalue weighted by Gasteiger charge is -2.32. The quantitative estimate of drug-likeness (QED) is 0.741. The van der Waals surface area contributed by atoms with E-state index in [9.17, 15) is 4.79 Å². The maximum atomic E-state index is 12.3. The van der Waals surface area contributed by atoms with Crippen molar-refractivity contribution >= 4 is 17.6 Å². The molecule has 3 rings (SSSR count). The van der Waals surface area contributed by atoms with Crippen molar-refractivity contribution < 1.29 is 9.21 Å². The first-order valence-corrected chi connectivity index (χ1v) is 10.1. The minimum absolute atomic E-state index is 0.0157. The topological polar surface area (TPSA) is 60.8 Å². The molecule has 2 amide bonds. The summed E-state index contributed by atoms with van der Waals surface area (Å²) in [6.45, 7) is 3.37. The van der Waals surface area contributed by atoms with Gasteiger partial charge in [-0.1, -0.05) is 23.7 Å². The summed E-state index contributed by atoms with van der Waals surface area (Å²) in [5.74, 6) is 0.848. The first-order valence-electron chi connectivity index (χ1n) is 9.72. The van der Waals surface area contributed by atoms with Crippen molar-refractivity contribution in [3.8, 4) is 0 Å². The van der Waals surface area contributed by atoms with Gasteiger partial charge in [-0.2, -0.15) is 0 Å². The van der Waals surface area contributed by atoms with Gasteiger partial charge in [0.05, 0.1) is 12.3 Å². The molecule has 1 saturated heterocycles. The van der Waals surface area contributed by atoms with Crippen molar-refractivity contribution in [1.82, 2.24) is 20.4 Å². The first-order chi connectivity index (χ1) is 13.5. The monoisotopic (exact) mass is 404 g/mol. The maximum absolute atomic E-state index is 12.3. The van der Waals surface area contributed by atoms with Crippen LogP contribution in [0.5, 0.6) is 0 Å². The van der Waals surface area contributed by atoms with Crippen LogP contribution in [0.1, 0.15) is 30.2 Å². The predicted molar refractivity (Wildman–Crippen MR) is 111 cm³/mol. The van der Waals surface area contributed by atoms with E-state index in [0.717, 1.165) is 43.3 Å². The van der Waals surface area contributed by atoms with Gasteiger partial charge in [-0.25, -0.2) is 4.79 Å².